The summed E-state index contributed by atoms with van der Waals surface area (Å²) in [4.78, 5) is 24.6. The number of piperidine rings is 1. The number of ether oxygens (including phenoxy) is 2. The van der Waals surface area contributed by atoms with E-state index in [2.05, 4.69) is 35.1 Å². The lowest BCUT2D eigenvalue weighted by molar-refractivity contribution is -0.123. The molecular weight excluding hydrogens is 538 g/mol. The van der Waals surface area contributed by atoms with Crippen LogP contribution < -0.4 is 10.1 Å². The Morgan fingerprint density at radius 2 is 1.88 bits per heavy atom. The van der Waals surface area contributed by atoms with Crippen molar-refractivity contribution in [2.75, 3.05) is 38.7 Å². The Labute approximate surface area is 246 Å². The second-order valence-corrected chi connectivity index (χ2v) is 11.4. The van der Waals surface area contributed by atoms with Crippen molar-refractivity contribution in [3.63, 3.8) is 0 Å². The van der Waals surface area contributed by atoms with Crippen molar-refractivity contribution in [2.24, 2.45) is 13.0 Å². The van der Waals surface area contributed by atoms with Crippen molar-refractivity contribution in [1.29, 1.82) is 0 Å². The monoisotopic (exact) mass is 575 g/mol. The van der Waals surface area contributed by atoms with Crippen LogP contribution in [0.4, 0.5) is 11.6 Å². The number of imidazole rings is 1. The molecule has 3 heterocycles. The van der Waals surface area contributed by atoms with Crippen LogP contribution in [0.2, 0.25) is 5.02 Å². The summed E-state index contributed by atoms with van der Waals surface area (Å²) < 4.78 is 13.4. The average molecular weight is 576 g/mol. The topological polar surface area (TPSA) is 81.5 Å². The molecular formula is C32H38ClN5O3. The first-order valence-corrected chi connectivity index (χ1v) is 14.6. The van der Waals surface area contributed by atoms with Crippen LogP contribution in [0.3, 0.4) is 0 Å². The number of likely N-dealkylation sites (tertiary alicyclic amines) is 1. The lowest BCUT2D eigenvalue weighted by atomic mass is 9.90. The molecule has 5 rings (SSSR count). The standard InChI is InChI=1S/C32H38ClN5O3/c1-21(2)27-18-23(5-7-28(27)33)35-32-36-29-20-25(6-8-30(29)37(32)3)41-26-9-12-34-24(17-26)19-31(39)22-10-13-38(14-11-22)15-16-40-4/h5-9,12,17-18,20-22H,10-11,13-16,19H2,1-4H3,(H,35,36). The highest BCUT2D eigenvalue weighted by Gasteiger charge is 2.25. The number of hydrogen-bond acceptors (Lipinski definition) is 7. The summed E-state index contributed by atoms with van der Waals surface area (Å²) in [6.07, 6.45) is 3.79. The second kappa shape index (κ2) is 13.0. The van der Waals surface area contributed by atoms with Crippen LogP contribution in [0.1, 0.15) is 43.9 Å². The Morgan fingerprint density at radius 1 is 1.10 bits per heavy atom. The number of nitrogens with zero attached hydrogens (tertiary/aromatic N) is 4. The number of carbonyl (C=O) groups is 1. The van der Waals surface area contributed by atoms with Gasteiger partial charge in [0.05, 0.1) is 23.3 Å². The Bertz CT molecular complexity index is 1510. The van der Waals surface area contributed by atoms with Gasteiger partial charge in [-0.15, -0.1) is 0 Å². The highest BCUT2D eigenvalue weighted by molar-refractivity contribution is 6.31. The molecule has 216 valence electrons. The van der Waals surface area contributed by atoms with Crippen molar-refractivity contribution in [3.05, 3.63) is 71.0 Å². The molecule has 0 spiro atoms. The van der Waals surface area contributed by atoms with Gasteiger partial charge in [-0.3, -0.25) is 9.78 Å². The first-order chi connectivity index (χ1) is 19.8. The molecule has 1 aliphatic rings. The maximum Gasteiger partial charge on any atom is 0.208 e. The largest absolute Gasteiger partial charge is 0.457 e. The third-order valence-electron chi connectivity index (χ3n) is 7.76. The minimum Gasteiger partial charge on any atom is -0.457 e. The molecule has 1 aliphatic heterocycles. The second-order valence-electron chi connectivity index (χ2n) is 11.0. The first kappa shape index (κ1) is 29.0. The number of halogens is 1. The third kappa shape index (κ3) is 7.07. The van der Waals surface area contributed by atoms with Crippen molar-refractivity contribution < 1.29 is 14.3 Å². The van der Waals surface area contributed by atoms with Gasteiger partial charge in [0.1, 0.15) is 17.3 Å². The number of pyridine rings is 1. The fourth-order valence-electron chi connectivity index (χ4n) is 5.32. The molecule has 1 N–H and O–H groups in total. The van der Waals surface area contributed by atoms with Crippen LogP contribution in [-0.4, -0.2) is 58.6 Å². The predicted octanol–water partition coefficient (Wildman–Crippen LogP) is 6.75. The van der Waals surface area contributed by atoms with Crippen LogP contribution in [0.25, 0.3) is 11.0 Å². The lowest BCUT2D eigenvalue weighted by Crippen LogP contribution is -2.38. The summed E-state index contributed by atoms with van der Waals surface area (Å²) >= 11 is 6.37. The summed E-state index contributed by atoms with van der Waals surface area (Å²) in [5.74, 6) is 2.69. The molecule has 0 amide bonds. The number of aryl methyl sites for hydroxylation is 1. The van der Waals surface area contributed by atoms with Gasteiger partial charge < -0.3 is 24.3 Å². The number of Topliss-reactive ketones (excluding diaryl/α,β-unsaturated/α-hetero) is 1. The maximum atomic E-state index is 13.0. The Morgan fingerprint density at radius 3 is 2.63 bits per heavy atom. The van der Waals surface area contributed by atoms with Crippen LogP contribution >= 0.6 is 11.6 Å². The number of benzene rings is 2. The van der Waals surface area contributed by atoms with Gasteiger partial charge in [0, 0.05) is 62.1 Å². The molecule has 2 aromatic heterocycles. The number of anilines is 2. The number of fused-ring (bicyclic) bond motifs is 1. The van der Waals surface area contributed by atoms with E-state index < -0.39 is 0 Å². The molecule has 0 aliphatic carbocycles. The van der Waals surface area contributed by atoms with E-state index in [0.29, 0.717) is 23.8 Å². The van der Waals surface area contributed by atoms with E-state index in [1.54, 1.807) is 13.3 Å². The van der Waals surface area contributed by atoms with Crippen LogP contribution in [-0.2, 0) is 23.0 Å². The molecule has 0 bridgehead atoms. The fourth-order valence-corrected chi connectivity index (χ4v) is 5.66. The van der Waals surface area contributed by atoms with Gasteiger partial charge in [0.25, 0.3) is 0 Å². The molecule has 9 heteroatoms. The zero-order valence-corrected chi connectivity index (χ0v) is 24.9. The van der Waals surface area contributed by atoms with E-state index in [1.807, 2.05) is 54.1 Å². The molecule has 0 unspecified atom stereocenters. The Balaban J connectivity index is 1.24. The molecule has 1 fully saturated rings. The van der Waals surface area contributed by atoms with Crippen molar-refractivity contribution in [3.8, 4) is 11.5 Å². The number of rotatable bonds is 11. The van der Waals surface area contributed by atoms with E-state index in [9.17, 15) is 4.79 Å². The van der Waals surface area contributed by atoms with E-state index in [4.69, 9.17) is 26.1 Å². The molecule has 0 atom stereocenters. The van der Waals surface area contributed by atoms with E-state index in [-0.39, 0.29) is 11.7 Å². The van der Waals surface area contributed by atoms with E-state index in [0.717, 1.165) is 78.0 Å². The van der Waals surface area contributed by atoms with Crippen LogP contribution in [0.15, 0.2) is 54.7 Å². The number of carbonyl (C=O) groups excluding carboxylic acids is 1. The van der Waals surface area contributed by atoms with Gasteiger partial charge >= 0.3 is 0 Å². The lowest BCUT2D eigenvalue weighted by Gasteiger charge is -2.30. The summed E-state index contributed by atoms with van der Waals surface area (Å²) in [5, 5.41) is 4.19. The molecule has 0 saturated carbocycles. The summed E-state index contributed by atoms with van der Waals surface area (Å²) in [5.41, 5.74) is 4.54. The van der Waals surface area contributed by atoms with E-state index in [1.165, 1.54) is 0 Å². The van der Waals surface area contributed by atoms with Gasteiger partial charge in [-0.05, 0) is 73.8 Å². The summed E-state index contributed by atoms with van der Waals surface area (Å²) in [7, 11) is 3.70. The number of methoxy groups -OCH3 is 1. The van der Waals surface area contributed by atoms with Crippen molar-refractivity contribution in [2.45, 2.75) is 39.0 Å². The van der Waals surface area contributed by atoms with Crippen LogP contribution in [0, 0.1) is 5.92 Å². The fraction of sp³-hybridized carbons (Fsp3) is 0.406. The Kier molecular flexibility index (Phi) is 9.22. The number of ketones is 1. The van der Waals surface area contributed by atoms with Crippen molar-refractivity contribution >= 4 is 40.1 Å². The zero-order valence-electron chi connectivity index (χ0n) is 24.2. The smallest absolute Gasteiger partial charge is 0.208 e. The van der Waals surface area contributed by atoms with Gasteiger partial charge in [0.2, 0.25) is 5.95 Å². The minimum atomic E-state index is 0.0828. The van der Waals surface area contributed by atoms with Crippen LogP contribution in [0.5, 0.6) is 11.5 Å². The third-order valence-corrected chi connectivity index (χ3v) is 8.10. The van der Waals surface area contributed by atoms with Crippen molar-refractivity contribution in [1.82, 2.24) is 19.4 Å². The zero-order chi connectivity index (χ0) is 28.9. The highest BCUT2D eigenvalue weighted by atomic mass is 35.5. The number of hydrogen-bond donors (Lipinski definition) is 1. The van der Waals surface area contributed by atoms with Gasteiger partial charge in [0.15, 0.2) is 0 Å². The average Bonchev–Trinajstić information content (AvgIpc) is 3.27. The SMILES string of the molecule is COCCN1CCC(C(=O)Cc2cc(Oc3ccc4c(c3)nc(Nc3ccc(Cl)c(C(C)C)c3)n4C)ccn2)CC1. The summed E-state index contributed by atoms with van der Waals surface area (Å²) in [6, 6.07) is 15.4. The molecule has 2 aromatic carbocycles. The molecule has 4 aromatic rings. The maximum absolute atomic E-state index is 13.0. The highest BCUT2D eigenvalue weighted by Crippen LogP contribution is 2.31. The number of nitrogens with one attached hydrogen (secondary N) is 1. The normalized spacial score (nSPS) is 14.6. The molecule has 8 nitrogen and oxygen atoms in total. The number of aromatic nitrogens is 3. The predicted molar refractivity (Wildman–Crippen MR) is 164 cm³/mol. The minimum absolute atomic E-state index is 0.0828. The quantitative estimate of drug-likeness (QED) is 0.212. The summed E-state index contributed by atoms with van der Waals surface area (Å²) in [6.45, 7) is 7.76. The molecule has 0 radical (unpaired) electrons. The molecule has 41 heavy (non-hydrogen) atoms. The first-order valence-electron chi connectivity index (χ1n) is 14.2. The van der Waals surface area contributed by atoms with Gasteiger partial charge in [-0.2, -0.15) is 0 Å². The molecule has 1 saturated heterocycles. The Hall–Kier alpha value is -3.46. The van der Waals surface area contributed by atoms with E-state index >= 15 is 0 Å². The van der Waals surface area contributed by atoms with Gasteiger partial charge in [-0.25, -0.2) is 4.98 Å². The van der Waals surface area contributed by atoms with Gasteiger partial charge in [-0.1, -0.05) is 25.4 Å².